The maximum absolute atomic E-state index is 13.2. The maximum Gasteiger partial charge on any atom is 0.328 e. The first kappa shape index (κ1) is 26.2. The Morgan fingerprint density at radius 3 is 2.08 bits per heavy atom. The van der Waals surface area contributed by atoms with E-state index in [4.69, 9.17) is 0 Å². The van der Waals surface area contributed by atoms with Crippen LogP contribution in [0.3, 0.4) is 0 Å². The molecule has 4 rings (SSSR count). The fourth-order valence-corrected chi connectivity index (χ4v) is 4.26. The molecule has 0 fully saturated rings. The molecule has 1 heterocycles. The van der Waals surface area contributed by atoms with Gasteiger partial charge in [0.15, 0.2) is 0 Å². The number of hydrogen-bond acceptors (Lipinski definition) is 3. The molecular weight excluding hydrogens is 532 g/mol. The molecule has 0 unspecified atom stereocenters. The number of benzene rings is 3. The average molecular weight is 561 g/mol. The van der Waals surface area contributed by atoms with Crippen molar-refractivity contribution in [3.05, 3.63) is 93.6 Å². The van der Waals surface area contributed by atoms with Crippen molar-refractivity contribution in [3.8, 4) is 0 Å². The number of aryl methyl sites for hydroxylation is 2. The smallest absolute Gasteiger partial charge is 0.321 e. The lowest BCUT2D eigenvalue weighted by molar-refractivity contribution is -0.133. The van der Waals surface area contributed by atoms with Crippen molar-refractivity contribution in [1.29, 1.82) is 0 Å². The first-order valence-corrected chi connectivity index (χ1v) is 12.6. The number of fused-ring (bicyclic) bond motifs is 1. The van der Waals surface area contributed by atoms with Gasteiger partial charge in [0.05, 0.1) is 5.52 Å². The fourth-order valence-electron chi connectivity index (χ4n) is 3.88. The van der Waals surface area contributed by atoms with Crippen LogP contribution in [-0.4, -0.2) is 22.4 Å². The molecule has 0 aliphatic rings. The van der Waals surface area contributed by atoms with Crippen LogP contribution in [0.25, 0.3) is 10.9 Å². The molecule has 1 aromatic heterocycles. The fraction of sp³-hybridized carbons (Fsp3) is 0.207. The van der Waals surface area contributed by atoms with E-state index in [1.165, 1.54) is 4.68 Å². The lowest BCUT2D eigenvalue weighted by Gasteiger charge is -2.19. The number of carbonyl (C=O) groups is 3. The van der Waals surface area contributed by atoms with Crippen LogP contribution in [0.5, 0.6) is 0 Å². The number of halogens is 1. The number of aromatic nitrogens is 1. The monoisotopic (exact) mass is 560 g/mol. The van der Waals surface area contributed by atoms with Gasteiger partial charge >= 0.3 is 11.8 Å². The predicted octanol–water partition coefficient (Wildman–Crippen LogP) is 6.28. The predicted molar refractivity (Wildman–Crippen MR) is 152 cm³/mol. The van der Waals surface area contributed by atoms with Gasteiger partial charge in [-0.05, 0) is 84.5 Å². The lowest BCUT2D eigenvalue weighted by atomic mass is 9.87. The van der Waals surface area contributed by atoms with E-state index in [2.05, 4.69) is 52.8 Å². The number of amides is 3. The molecule has 0 atom stereocenters. The van der Waals surface area contributed by atoms with Gasteiger partial charge in [-0.15, -0.1) is 0 Å². The minimum absolute atomic E-state index is 0.0291. The second kappa shape index (κ2) is 10.2. The highest BCUT2D eigenvalue weighted by Crippen LogP contribution is 2.25. The van der Waals surface area contributed by atoms with Crippen LogP contribution in [0.1, 0.15) is 48.0 Å². The first-order chi connectivity index (χ1) is 17.4. The molecule has 0 saturated heterocycles. The van der Waals surface area contributed by atoms with E-state index in [0.29, 0.717) is 16.9 Å². The van der Waals surface area contributed by atoms with Crippen molar-refractivity contribution in [3.63, 3.8) is 0 Å². The first-order valence-electron chi connectivity index (χ1n) is 11.8. The molecule has 190 valence electrons. The second-order valence-corrected chi connectivity index (χ2v) is 11.0. The van der Waals surface area contributed by atoms with Gasteiger partial charge in [-0.3, -0.25) is 19.8 Å². The van der Waals surface area contributed by atoms with Crippen molar-refractivity contribution < 1.29 is 14.4 Å². The Morgan fingerprint density at radius 2 is 1.43 bits per heavy atom. The van der Waals surface area contributed by atoms with E-state index in [0.717, 1.165) is 26.5 Å². The van der Waals surface area contributed by atoms with Gasteiger partial charge < -0.3 is 10.6 Å². The van der Waals surface area contributed by atoms with Crippen LogP contribution in [0.15, 0.2) is 71.2 Å². The Balaban J connectivity index is 1.58. The summed E-state index contributed by atoms with van der Waals surface area (Å²) in [7, 11) is 0. The van der Waals surface area contributed by atoms with Crippen molar-refractivity contribution in [1.82, 2.24) is 4.68 Å². The number of anilines is 2. The number of nitrogens with zero attached hydrogens (tertiary/aromatic N) is 1. The summed E-state index contributed by atoms with van der Waals surface area (Å²) >= 11 is 3.44. The van der Waals surface area contributed by atoms with Crippen molar-refractivity contribution in [2.24, 2.45) is 0 Å². The Bertz CT molecular complexity index is 1510. The van der Waals surface area contributed by atoms with Crippen molar-refractivity contribution >= 4 is 55.9 Å². The molecular formula is C29H29BrN4O3. The normalized spacial score (nSPS) is 11.3. The topological polar surface area (TPSA) is 92.2 Å². The zero-order chi connectivity index (χ0) is 26.9. The van der Waals surface area contributed by atoms with Gasteiger partial charge in [0.2, 0.25) is 0 Å². The average Bonchev–Trinajstić information content (AvgIpc) is 3.18. The van der Waals surface area contributed by atoms with Gasteiger partial charge in [-0.1, -0.05) is 54.9 Å². The highest BCUT2D eigenvalue weighted by molar-refractivity contribution is 9.10. The third-order valence-electron chi connectivity index (χ3n) is 6.19. The summed E-state index contributed by atoms with van der Waals surface area (Å²) in [5.41, 5.74) is 7.72. The number of carbonyl (C=O) groups excluding carboxylic acids is 3. The maximum atomic E-state index is 13.2. The molecule has 3 N–H and O–H groups in total. The molecule has 3 aromatic carbocycles. The van der Waals surface area contributed by atoms with E-state index in [1.54, 1.807) is 30.3 Å². The molecule has 3 amide bonds. The molecule has 0 radical (unpaired) electrons. The number of rotatable bonds is 4. The number of nitrogens with one attached hydrogen (secondary N) is 3. The van der Waals surface area contributed by atoms with Crippen LogP contribution in [0.2, 0.25) is 0 Å². The third kappa shape index (κ3) is 5.91. The minimum atomic E-state index is -0.902. The third-order valence-corrected chi connectivity index (χ3v) is 6.68. The summed E-state index contributed by atoms with van der Waals surface area (Å²) in [6.07, 6.45) is 0. The molecule has 7 nitrogen and oxygen atoms in total. The summed E-state index contributed by atoms with van der Waals surface area (Å²) < 4.78 is 2.16. The Labute approximate surface area is 224 Å². The molecule has 0 spiro atoms. The van der Waals surface area contributed by atoms with Crippen LogP contribution >= 0.6 is 15.9 Å². The standard InChI is InChI=1S/C29H29BrN4O3/c1-17-6-10-23(14-18(17)2)32-26(35)25-16-19-15-21(30)9-13-24(19)34(25)33-28(37)27(36)31-22-11-7-20(8-12-22)29(3,4)5/h6-16H,1-5H3,(H,31,36)(H,32,35)(H,33,37). The van der Waals surface area contributed by atoms with Gasteiger partial charge in [-0.2, -0.15) is 0 Å². The molecule has 0 aliphatic heterocycles. The van der Waals surface area contributed by atoms with Gasteiger partial charge in [0.25, 0.3) is 5.91 Å². The largest absolute Gasteiger partial charge is 0.328 e. The van der Waals surface area contributed by atoms with E-state index in [9.17, 15) is 14.4 Å². The summed E-state index contributed by atoms with van der Waals surface area (Å²) in [5.74, 6) is -2.17. The summed E-state index contributed by atoms with van der Waals surface area (Å²) in [4.78, 5) is 38.8. The molecule has 0 bridgehead atoms. The van der Waals surface area contributed by atoms with Crippen LogP contribution < -0.4 is 16.1 Å². The molecule has 8 heteroatoms. The van der Waals surface area contributed by atoms with Crippen molar-refractivity contribution in [2.45, 2.75) is 40.0 Å². The van der Waals surface area contributed by atoms with Crippen LogP contribution in [0, 0.1) is 13.8 Å². The number of hydrogen-bond donors (Lipinski definition) is 3. The SMILES string of the molecule is Cc1ccc(NC(=O)c2cc3cc(Br)ccc3n2NC(=O)C(=O)Nc2ccc(C(C)(C)C)cc2)cc1C. The summed E-state index contributed by atoms with van der Waals surface area (Å²) in [6.45, 7) is 10.3. The highest BCUT2D eigenvalue weighted by atomic mass is 79.9. The van der Waals surface area contributed by atoms with E-state index in [1.807, 2.05) is 50.2 Å². The molecule has 0 saturated carbocycles. The van der Waals surface area contributed by atoms with Crippen LogP contribution in [0.4, 0.5) is 11.4 Å². The Hall–Kier alpha value is -3.91. The van der Waals surface area contributed by atoms with Gasteiger partial charge in [0, 0.05) is 21.2 Å². The Morgan fingerprint density at radius 1 is 0.757 bits per heavy atom. The second-order valence-electron chi connectivity index (χ2n) is 10.0. The van der Waals surface area contributed by atoms with Gasteiger partial charge in [0.1, 0.15) is 5.69 Å². The van der Waals surface area contributed by atoms with E-state index >= 15 is 0 Å². The van der Waals surface area contributed by atoms with Crippen LogP contribution in [-0.2, 0) is 15.0 Å². The lowest BCUT2D eigenvalue weighted by Crippen LogP contribution is -2.36. The Kier molecular flexibility index (Phi) is 7.23. The molecule has 37 heavy (non-hydrogen) atoms. The zero-order valence-electron chi connectivity index (χ0n) is 21.4. The highest BCUT2D eigenvalue weighted by Gasteiger charge is 2.22. The molecule has 0 aliphatic carbocycles. The zero-order valence-corrected chi connectivity index (χ0v) is 23.0. The van der Waals surface area contributed by atoms with Gasteiger partial charge in [-0.25, -0.2) is 4.68 Å². The minimum Gasteiger partial charge on any atom is -0.321 e. The van der Waals surface area contributed by atoms with E-state index < -0.39 is 17.7 Å². The van der Waals surface area contributed by atoms with Crippen molar-refractivity contribution in [2.75, 3.05) is 16.1 Å². The van der Waals surface area contributed by atoms with E-state index in [-0.39, 0.29) is 11.1 Å². The summed E-state index contributed by atoms with van der Waals surface area (Å²) in [5, 5.41) is 6.22. The quantitative estimate of drug-likeness (QED) is 0.256. The summed E-state index contributed by atoms with van der Waals surface area (Å²) in [6, 6.07) is 20.0. The molecule has 4 aromatic rings.